The molecule has 1 aliphatic rings. The number of nitrogens with zero attached hydrogens (tertiary/aromatic N) is 7. The van der Waals surface area contributed by atoms with Crippen molar-refractivity contribution in [1.82, 2.24) is 29.4 Å². The van der Waals surface area contributed by atoms with Crippen LogP contribution in [0.15, 0.2) is 49.1 Å². The highest BCUT2D eigenvalue weighted by molar-refractivity contribution is 6.28. The summed E-state index contributed by atoms with van der Waals surface area (Å²) in [5, 5.41) is 0.195. The van der Waals surface area contributed by atoms with Gasteiger partial charge in [-0.2, -0.15) is 15.0 Å². The van der Waals surface area contributed by atoms with E-state index in [9.17, 15) is 0 Å². The number of hydrogen-bond acceptors (Lipinski definition) is 6. The first-order chi connectivity index (χ1) is 12.3. The van der Waals surface area contributed by atoms with Gasteiger partial charge in [0.15, 0.2) is 0 Å². The fourth-order valence-electron chi connectivity index (χ4n) is 2.91. The summed E-state index contributed by atoms with van der Waals surface area (Å²) in [5.74, 6) is 1.10. The Morgan fingerprint density at radius 1 is 0.920 bits per heavy atom. The van der Waals surface area contributed by atoms with Crippen LogP contribution in [0.1, 0.15) is 5.56 Å². The molecule has 1 aliphatic heterocycles. The monoisotopic (exact) mass is 355 g/mol. The lowest BCUT2D eigenvalue weighted by molar-refractivity contribution is 0.248. The number of aromatic nitrogens is 5. The molecule has 0 N–H and O–H groups in total. The van der Waals surface area contributed by atoms with Gasteiger partial charge in [0.2, 0.25) is 17.2 Å². The second-order valence-corrected chi connectivity index (χ2v) is 6.26. The Hall–Kier alpha value is -2.51. The molecule has 2 aromatic heterocycles. The molecule has 1 saturated heterocycles. The molecule has 25 heavy (non-hydrogen) atoms. The molecule has 4 rings (SSSR count). The summed E-state index contributed by atoms with van der Waals surface area (Å²) in [5.41, 5.74) is 1.33. The molecule has 0 amide bonds. The maximum absolute atomic E-state index is 6.09. The summed E-state index contributed by atoms with van der Waals surface area (Å²) in [7, 11) is 0. The van der Waals surface area contributed by atoms with Gasteiger partial charge in [0, 0.05) is 45.1 Å². The molecule has 128 valence electrons. The lowest BCUT2D eigenvalue weighted by atomic mass is 10.2. The Bertz CT molecular complexity index is 814. The average Bonchev–Trinajstić information content (AvgIpc) is 3.17. The van der Waals surface area contributed by atoms with E-state index in [1.165, 1.54) is 5.56 Å². The smallest absolute Gasteiger partial charge is 0.241 e. The Morgan fingerprint density at radius 3 is 2.40 bits per heavy atom. The molecule has 0 spiro atoms. The maximum atomic E-state index is 6.09. The molecule has 3 heterocycles. The number of halogens is 1. The summed E-state index contributed by atoms with van der Waals surface area (Å²) < 4.78 is 1.72. The van der Waals surface area contributed by atoms with Crippen LogP contribution in [0.5, 0.6) is 0 Å². The van der Waals surface area contributed by atoms with Crippen LogP contribution in [0.2, 0.25) is 5.28 Å². The third-order valence-electron chi connectivity index (χ3n) is 4.22. The molecule has 0 atom stereocenters. The number of anilines is 1. The number of imidazole rings is 1. The van der Waals surface area contributed by atoms with Gasteiger partial charge in [-0.1, -0.05) is 30.3 Å². The summed E-state index contributed by atoms with van der Waals surface area (Å²) in [6.07, 6.45) is 5.11. The van der Waals surface area contributed by atoms with Crippen molar-refractivity contribution in [3.05, 3.63) is 59.9 Å². The number of benzene rings is 1. The van der Waals surface area contributed by atoms with Gasteiger partial charge in [-0.25, -0.2) is 4.98 Å². The van der Waals surface area contributed by atoms with E-state index in [0.717, 1.165) is 32.7 Å². The van der Waals surface area contributed by atoms with Gasteiger partial charge >= 0.3 is 0 Å². The van der Waals surface area contributed by atoms with Crippen LogP contribution in [-0.4, -0.2) is 55.6 Å². The first-order valence-electron chi connectivity index (χ1n) is 8.19. The van der Waals surface area contributed by atoms with E-state index in [0.29, 0.717) is 11.9 Å². The average molecular weight is 356 g/mol. The van der Waals surface area contributed by atoms with Crippen molar-refractivity contribution >= 4 is 17.5 Å². The Morgan fingerprint density at radius 2 is 1.68 bits per heavy atom. The van der Waals surface area contributed by atoms with Gasteiger partial charge in [-0.15, -0.1) is 0 Å². The van der Waals surface area contributed by atoms with Crippen molar-refractivity contribution in [2.45, 2.75) is 6.54 Å². The quantitative estimate of drug-likeness (QED) is 0.713. The molecule has 1 aromatic carbocycles. The van der Waals surface area contributed by atoms with Gasteiger partial charge < -0.3 is 4.90 Å². The van der Waals surface area contributed by atoms with E-state index in [-0.39, 0.29) is 5.28 Å². The lowest BCUT2D eigenvalue weighted by Gasteiger charge is -2.34. The number of hydrogen-bond donors (Lipinski definition) is 0. The SMILES string of the molecule is Clc1nc(N2CCN(Cc3ccccc3)CC2)nc(-n2ccnc2)n1. The third kappa shape index (κ3) is 3.78. The van der Waals surface area contributed by atoms with E-state index < -0.39 is 0 Å². The van der Waals surface area contributed by atoms with Gasteiger partial charge in [0.25, 0.3) is 0 Å². The van der Waals surface area contributed by atoms with Gasteiger partial charge in [-0.3, -0.25) is 9.47 Å². The van der Waals surface area contributed by atoms with E-state index in [2.05, 4.69) is 54.0 Å². The number of piperazine rings is 1. The standard InChI is InChI=1S/C17H18ClN7/c18-15-20-16(22-17(21-15)25-7-6-19-13-25)24-10-8-23(9-11-24)12-14-4-2-1-3-5-14/h1-7,13H,8-12H2. The van der Waals surface area contributed by atoms with Gasteiger partial charge in [-0.05, 0) is 17.2 Å². The fraction of sp³-hybridized carbons (Fsp3) is 0.294. The predicted octanol–water partition coefficient (Wildman–Crippen LogP) is 2.03. The van der Waals surface area contributed by atoms with Crippen LogP contribution in [0.4, 0.5) is 5.95 Å². The van der Waals surface area contributed by atoms with Gasteiger partial charge in [0.05, 0.1) is 0 Å². The Kier molecular flexibility index (Phi) is 4.58. The van der Waals surface area contributed by atoms with E-state index >= 15 is 0 Å². The second kappa shape index (κ2) is 7.16. The molecular formula is C17H18ClN7. The molecule has 8 heteroatoms. The minimum atomic E-state index is 0.195. The highest BCUT2D eigenvalue weighted by Crippen LogP contribution is 2.16. The van der Waals surface area contributed by atoms with Crippen molar-refractivity contribution in [2.75, 3.05) is 31.1 Å². The lowest BCUT2D eigenvalue weighted by Crippen LogP contribution is -2.46. The topological polar surface area (TPSA) is 63.0 Å². The molecule has 1 fully saturated rings. The maximum Gasteiger partial charge on any atom is 0.241 e. The van der Waals surface area contributed by atoms with Crippen molar-refractivity contribution in [1.29, 1.82) is 0 Å². The summed E-state index contributed by atoms with van der Waals surface area (Å²) >= 11 is 6.09. The second-order valence-electron chi connectivity index (χ2n) is 5.92. The molecule has 7 nitrogen and oxygen atoms in total. The van der Waals surface area contributed by atoms with Gasteiger partial charge in [0.1, 0.15) is 6.33 Å². The van der Waals surface area contributed by atoms with Crippen molar-refractivity contribution in [3.63, 3.8) is 0 Å². The Balaban J connectivity index is 1.44. The van der Waals surface area contributed by atoms with Crippen molar-refractivity contribution in [2.24, 2.45) is 0 Å². The largest absolute Gasteiger partial charge is 0.338 e. The zero-order valence-corrected chi connectivity index (χ0v) is 14.4. The molecule has 0 unspecified atom stereocenters. The van der Waals surface area contributed by atoms with Crippen LogP contribution in [0, 0.1) is 0 Å². The summed E-state index contributed by atoms with van der Waals surface area (Å²) in [4.78, 5) is 21.6. The van der Waals surface area contributed by atoms with Crippen LogP contribution >= 0.6 is 11.6 Å². The summed E-state index contributed by atoms with van der Waals surface area (Å²) in [6, 6.07) is 10.5. The van der Waals surface area contributed by atoms with E-state index in [1.54, 1.807) is 23.3 Å². The van der Waals surface area contributed by atoms with Crippen LogP contribution in [0.25, 0.3) is 5.95 Å². The fourth-order valence-corrected chi connectivity index (χ4v) is 3.06. The van der Waals surface area contributed by atoms with Crippen LogP contribution < -0.4 is 4.90 Å². The first-order valence-corrected chi connectivity index (χ1v) is 8.57. The predicted molar refractivity (Wildman–Crippen MR) is 95.9 cm³/mol. The summed E-state index contributed by atoms with van der Waals surface area (Å²) in [6.45, 7) is 4.59. The number of rotatable bonds is 4. The molecular weight excluding hydrogens is 338 g/mol. The van der Waals surface area contributed by atoms with Crippen molar-refractivity contribution < 1.29 is 0 Å². The highest BCUT2D eigenvalue weighted by Gasteiger charge is 2.20. The van der Waals surface area contributed by atoms with E-state index in [1.807, 2.05) is 6.07 Å². The Labute approximate surface area is 150 Å². The van der Waals surface area contributed by atoms with Crippen LogP contribution in [-0.2, 0) is 6.54 Å². The first kappa shape index (κ1) is 16.0. The molecule has 0 bridgehead atoms. The highest BCUT2D eigenvalue weighted by atomic mass is 35.5. The zero-order valence-electron chi connectivity index (χ0n) is 13.7. The molecule has 0 aliphatic carbocycles. The third-order valence-corrected chi connectivity index (χ3v) is 4.39. The van der Waals surface area contributed by atoms with E-state index in [4.69, 9.17) is 11.6 Å². The van der Waals surface area contributed by atoms with Crippen LogP contribution in [0.3, 0.4) is 0 Å². The zero-order chi connectivity index (χ0) is 17.1. The van der Waals surface area contributed by atoms with Crippen molar-refractivity contribution in [3.8, 4) is 5.95 Å². The minimum absolute atomic E-state index is 0.195. The molecule has 0 saturated carbocycles. The molecule has 0 radical (unpaired) electrons. The normalized spacial score (nSPS) is 15.5. The molecule has 3 aromatic rings. The minimum Gasteiger partial charge on any atom is -0.338 e.